The zero-order chi connectivity index (χ0) is 12.8. The van der Waals surface area contributed by atoms with Crippen LogP contribution >= 0.6 is 0 Å². The first-order chi connectivity index (χ1) is 8.04. The first-order valence-corrected chi connectivity index (χ1v) is 5.16. The van der Waals surface area contributed by atoms with E-state index in [9.17, 15) is 10.1 Å². The van der Waals surface area contributed by atoms with Crippen LogP contribution < -0.4 is 11.1 Å². The Bertz CT molecular complexity index is 398. The highest BCUT2D eigenvalue weighted by molar-refractivity contribution is 5.56. The van der Waals surface area contributed by atoms with Crippen molar-refractivity contribution >= 4 is 17.5 Å². The molecule has 0 fully saturated rings. The molecule has 1 atom stereocenters. The molecule has 0 spiro atoms. The summed E-state index contributed by atoms with van der Waals surface area (Å²) in [5.41, 5.74) is 5.16. The molecule has 0 aliphatic rings. The van der Waals surface area contributed by atoms with E-state index in [4.69, 9.17) is 10.8 Å². The first-order valence-electron chi connectivity index (χ1n) is 5.16. The Hall–Kier alpha value is -1.96. The van der Waals surface area contributed by atoms with Gasteiger partial charge in [-0.2, -0.15) is 4.98 Å². The quantitative estimate of drug-likeness (QED) is 0.485. The molecule has 1 aromatic heterocycles. The normalized spacial score (nSPS) is 12.1. The molecule has 4 N–H and O–H groups in total. The standard InChI is InChI=1S/C9H15N5O3/c1-6(2-3-15)4-11-8-7(14(16)17)5-12-9(10)13-8/h5-6,15H,2-4H2,1H3,(H3,10,11,12,13). The second-order valence-corrected chi connectivity index (χ2v) is 3.72. The molecule has 1 rings (SSSR count). The number of nitrogens with one attached hydrogen (secondary N) is 1. The minimum absolute atomic E-state index is 0.0205. The third-order valence-corrected chi connectivity index (χ3v) is 2.22. The van der Waals surface area contributed by atoms with Crippen LogP contribution in [0.15, 0.2) is 6.20 Å². The van der Waals surface area contributed by atoms with Crippen molar-refractivity contribution in [1.29, 1.82) is 0 Å². The monoisotopic (exact) mass is 241 g/mol. The van der Waals surface area contributed by atoms with Gasteiger partial charge in [-0.15, -0.1) is 0 Å². The van der Waals surface area contributed by atoms with Gasteiger partial charge in [-0.3, -0.25) is 10.1 Å². The van der Waals surface area contributed by atoms with Gasteiger partial charge in [0.1, 0.15) is 6.20 Å². The summed E-state index contributed by atoms with van der Waals surface area (Å²) >= 11 is 0. The van der Waals surface area contributed by atoms with Crippen LogP contribution in [0.1, 0.15) is 13.3 Å². The molecule has 1 unspecified atom stereocenters. The van der Waals surface area contributed by atoms with E-state index in [0.717, 1.165) is 6.20 Å². The molecular weight excluding hydrogens is 226 g/mol. The molecule has 0 radical (unpaired) electrons. The summed E-state index contributed by atoms with van der Waals surface area (Å²) in [6.07, 6.45) is 1.68. The number of rotatable bonds is 6. The molecule has 0 saturated carbocycles. The lowest BCUT2D eigenvalue weighted by Crippen LogP contribution is -2.15. The predicted octanol–water partition coefficient (Wildman–Crippen LogP) is 0.397. The average molecular weight is 241 g/mol. The van der Waals surface area contributed by atoms with Gasteiger partial charge >= 0.3 is 5.69 Å². The number of aromatic nitrogens is 2. The van der Waals surface area contributed by atoms with Gasteiger partial charge < -0.3 is 16.2 Å². The molecule has 1 heterocycles. The number of nitrogens with zero attached hydrogens (tertiary/aromatic N) is 3. The van der Waals surface area contributed by atoms with Crippen molar-refractivity contribution < 1.29 is 10.0 Å². The van der Waals surface area contributed by atoms with Gasteiger partial charge in [-0.1, -0.05) is 6.92 Å². The smallest absolute Gasteiger partial charge is 0.329 e. The lowest BCUT2D eigenvalue weighted by atomic mass is 10.1. The van der Waals surface area contributed by atoms with E-state index in [2.05, 4.69) is 15.3 Å². The molecule has 17 heavy (non-hydrogen) atoms. The van der Waals surface area contributed by atoms with E-state index in [0.29, 0.717) is 13.0 Å². The van der Waals surface area contributed by atoms with Crippen LogP contribution in [-0.2, 0) is 0 Å². The molecule has 8 nitrogen and oxygen atoms in total. The third kappa shape index (κ3) is 3.83. The van der Waals surface area contributed by atoms with E-state index in [1.807, 2.05) is 6.92 Å². The summed E-state index contributed by atoms with van der Waals surface area (Å²) in [5, 5.41) is 22.3. The van der Waals surface area contributed by atoms with E-state index < -0.39 is 4.92 Å². The minimum Gasteiger partial charge on any atom is -0.396 e. The van der Waals surface area contributed by atoms with Crippen molar-refractivity contribution in [3.05, 3.63) is 16.3 Å². The SMILES string of the molecule is CC(CCO)CNc1nc(N)ncc1[N+](=O)[O-]. The Balaban J connectivity index is 2.75. The fraction of sp³-hybridized carbons (Fsp3) is 0.556. The van der Waals surface area contributed by atoms with Crippen LogP contribution in [0.25, 0.3) is 0 Å². The molecular formula is C9H15N5O3. The highest BCUT2D eigenvalue weighted by Crippen LogP contribution is 2.21. The van der Waals surface area contributed by atoms with Gasteiger partial charge in [-0.25, -0.2) is 4.98 Å². The van der Waals surface area contributed by atoms with Gasteiger partial charge in [0.25, 0.3) is 0 Å². The molecule has 0 aromatic carbocycles. The number of nitro groups is 1. The maximum absolute atomic E-state index is 10.7. The predicted molar refractivity (Wildman–Crippen MR) is 62.5 cm³/mol. The minimum atomic E-state index is -0.571. The molecule has 8 heteroatoms. The summed E-state index contributed by atoms with van der Waals surface area (Å²) < 4.78 is 0. The van der Waals surface area contributed by atoms with Crippen molar-refractivity contribution in [2.45, 2.75) is 13.3 Å². The van der Waals surface area contributed by atoms with E-state index in [-0.39, 0.29) is 30.0 Å². The lowest BCUT2D eigenvalue weighted by Gasteiger charge is -2.11. The second kappa shape index (κ2) is 5.94. The number of hydrogen-bond acceptors (Lipinski definition) is 7. The van der Waals surface area contributed by atoms with Crippen LogP contribution in [-0.4, -0.2) is 33.1 Å². The Labute approximate surface area is 98.0 Å². The Kier molecular flexibility index (Phi) is 4.58. The van der Waals surface area contributed by atoms with Crippen molar-refractivity contribution in [3.63, 3.8) is 0 Å². The highest BCUT2D eigenvalue weighted by atomic mass is 16.6. The molecule has 0 saturated heterocycles. The van der Waals surface area contributed by atoms with Gasteiger partial charge in [0.15, 0.2) is 0 Å². The van der Waals surface area contributed by atoms with Crippen molar-refractivity contribution in [2.24, 2.45) is 5.92 Å². The van der Waals surface area contributed by atoms with Gasteiger partial charge in [0.05, 0.1) is 4.92 Å². The van der Waals surface area contributed by atoms with Crippen LogP contribution in [0.2, 0.25) is 0 Å². The molecule has 94 valence electrons. The fourth-order valence-electron chi connectivity index (χ4n) is 1.25. The van der Waals surface area contributed by atoms with Crippen LogP contribution in [0.3, 0.4) is 0 Å². The largest absolute Gasteiger partial charge is 0.396 e. The summed E-state index contributed by atoms with van der Waals surface area (Å²) in [4.78, 5) is 17.5. The topological polar surface area (TPSA) is 127 Å². The van der Waals surface area contributed by atoms with Gasteiger partial charge in [0, 0.05) is 13.2 Å². The maximum Gasteiger partial charge on any atom is 0.329 e. The number of anilines is 2. The van der Waals surface area contributed by atoms with E-state index in [1.165, 1.54) is 0 Å². The van der Waals surface area contributed by atoms with Crippen molar-refractivity contribution in [3.8, 4) is 0 Å². The van der Waals surface area contributed by atoms with Crippen molar-refractivity contribution in [2.75, 3.05) is 24.2 Å². The second-order valence-electron chi connectivity index (χ2n) is 3.72. The van der Waals surface area contributed by atoms with Crippen molar-refractivity contribution in [1.82, 2.24) is 9.97 Å². The van der Waals surface area contributed by atoms with E-state index in [1.54, 1.807) is 0 Å². The van der Waals surface area contributed by atoms with Gasteiger partial charge in [-0.05, 0) is 12.3 Å². The first kappa shape index (κ1) is 13.1. The summed E-state index contributed by atoms with van der Waals surface area (Å²) in [7, 11) is 0. The van der Waals surface area contributed by atoms with E-state index >= 15 is 0 Å². The zero-order valence-corrected chi connectivity index (χ0v) is 9.46. The lowest BCUT2D eigenvalue weighted by molar-refractivity contribution is -0.384. The fourth-order valence-corrected chi connectivity index (χ4v) is 1.25. The summed E-state index contributed by atoms with van der Waals surface area (Å²) in [6, 6.07) is 0. The highest BCUT2D eigenvalue weighted by Gasteiger charge is 2.16. The maximum atomic E-state index is 10.7. The van der Waals surface area contributed by atoms with Crippen LogP contribution in [0.5, 0.6) is 0 Å². The van der Waals surface area contributed by atoms with Crippen LogP contribution in [0, 0.1) is 16.0 Å². The number of aliphatic hydroxyl groups excluding tert-OH is 1. The van der Waals surface area contributed by atoms with Crippen LogP contribution in [0.4, 0.5) is 17.5 Å². The molecule has 1 aromatic rings. The summed E-state index contributed by atoms with van der Waals surface area (Å²) in [5.74, 6) is 0.260. The Morgan fingerprint density at radius 3 is 3.00 bits per heavy atom. The number of hydrogen-bond donors (Lipinski definition) is 3. The number of aliphatic hydroxyl groups is 1. The number of nitrogen functional groups attached to an aromatic ring is 1. The zero-order valence-electron chi connectivity index (χ0n) is 9.46. The Morgan fingerprint density at radius 1 is 1.71 bits per heavy atom. The molecule has 0 aliphatic heterocycles. The van der Waals surface area contributed by atoms with Gasteiger partial charge in [0.2, 0.25) is 11.8 Å². The Morgan fingerprint density at radius 2 is 2.41 bits per heavy atom. The molecule has 0 aliphatic carbocycles. The average Bonchev–Trinajstić information content (AvgIpc) is 2.26. The number of nitrogens with two attached hydrogens (primary N) is 1. The third-order valence-electron chi connectivity index (χ3n) is 2.22. The molecule has 0 bridgehead atoms. The molecule has 0 amide bonds. The summed E-state index contributed by atoms with van der Waals surface area (Å²) in [6.45, 7) is 2.47.